The minimum Gasteiger partial charge on any atom is -0.330 e. The van der Waals surface area contributed by atoms with Crippen molar-refractivity contribution in [2.45, 2.75) is 20.3 Å². The molecule has 3 N–H and O–H groups in total. The van der Waals surface area contributed by atoms with Crippen molar-refractivity contribution in [1.82, 2.24) is 9.97 Å². The van der Waals surface area contributed by atoms with Crippen molar-refractivity contribution in [2.24, 2.45) is 17.6 Å². The van der Waals surface area contributed by atoms with Gasteiger partial charge >= 0.3 is 0 Å². The predicted molar refractivity (Wildman–Crippen MR) is 67.7 cm³/mol. The molecule has 0 aromatic carbocycles. The molecule has 17 heavy (non-hydrogen) atoms. The summed E-state index contributed by atoms with van der Waals surface area (Å²) in [6.07, 6.45) is 2.24. The standard InChI is InChI=1S/C11H17ClN4O/c1-7(2)5-8(6-13)10(17)15-9-3-4-14-11(12)16-9/h3-4,7-8H,5-6,13H2,1-2H3,(H,14,15,16,17). The van der Waals surface area contributed by atoms with Crippen molar-refractivity contribution < 1.29 is 4.79 Å². The molecule has 0 spiro atoms. The Labute approximate surface area is 106 Å². The van der Waals surface area contributed by atoms with Crippen LogP contribution in [0.4, 0.5) is 5.82 Å². The molecule has 0 saturated heterocycles. The lowest BCUT2D eigenvalue weighted by atomic mass is 9.96. The van der Waals surface area contributed by atoms with Crippen LogP contribution >= 0.6 is 11.6 Å². The number of rotatable bonds is 5. The van der Waals surface area contributed by atoms with Gasteiger partial charge in [-0.1, -0.05) is 13.8 Å². The van der Waals surface area contributed by atoms with E-state index in [2.05, 4.69) is 29.1 Å². The topological polar surface area (TPSA) is 80.9 Å². The Bertz CT molecular complexity index is 383. The van der Waals surface area contributed by atoms with Gasteiger partial charge in [-0.2, -0.15) is 0 Å². The zero-order valence-electron chi connectivity index (χ0n) is 9.98. The summed E-state index contributed by atoms with van der Waals surface area (Å²) < 4.78 is 0. The van der Waals surface area contributed by atoms with E-state index >= 15 is 0 Å². The molecule has 1 aromatic rings. The van der Waals surface area contributed by atoms with Crippen LogP contribution < -0.4 is 11.1 Å². The van der Waals surface area contributed by atoms with E-state index < -0.39 is 0 Å². The lowest BCUT2D eigenvalue weighted by Gasteiger charge is -2.16. The van der Waals surface area contributed by atoms with Crippen molar-refractivity contribution >= 4 is 23.3 Å². The van der Waals surface area contributed by atoms with Crippen molar-refractivity contribution in [3.8, 4) is 0 Å². The number of hydrogen-bond acceptors (Lipinski definition) is 4. The van der Waals surface area contributed by atoms with Crippen LogP contribution in [0.1, 0.15) is 20.3 Å². The lowest BCUT2D eigenvalue weighted by Crippen LogP contribution is -2.30. The average molecular weight is 257 g/mol. The van der Waals surface area contributed by atoms with Gasteiger partial charge < -0.3 is 11.1 Å². The molecule has 5 nitrogen and oxygen atoms in total. The van der Waals surface area contributed by atoms with Crippen LogP contribution in [0.5, 0.6) is 0 Å². The van der Waals surface area contributed by atoms with Gasteiger partial charge in [0.15, 0.2) is 0 Å². The molecule has 1 heterocycles. The lowest BCUT2D eigenvalue weighted by molar-refractivity contribution is -0.120. The normalized spacial score (nSPS) is 12.5. The van der Waals surface area contributed by atoms with Crippen LogP contribution in [0.25, 0.3) is 0 Å². The number of amides is 1. The molecule has 1 aromatic heterocycles. The van der Waals surface area contributed by atoms with Crippen LogP contribution in [-0.4, -0.2) is 22.4 Å². The molecule has 0 aliphatic carbocycles. The second kappa shape index (κ2) is 6.51. The second-order valence-electron chi connectivity index (χ2n) is 4.26. The molecule has 1 rings (SSSR count). The first-order valence-corrected chi connectivity index (χ1v) is 5.90. The molecular weight excluding hydrogens is 240 g/mol. The van der Waals surface area contributed by atoms with Crippen LogP contribution in [0, 0.1) is 11.8 Å². The maximum absolute atomic E-state index is 11.9. The largest absolute Gasteiger partial charge is 0.330 e. The number of carbonyl (C=O) groups excluding carboxylic acids is 1. The van der Waals surface area contributed by atoms with Crippen molar-refractivity contribution in [3.63, 3.8) is 0 Å². The molecule has 0 radical (unpaired) electrons. The average Bonchev–Trinajstić information content (AvgIpc) is 2.25. The van der Waals surface area contributed by atoms with Gasteiger partial charge in [-0.3, -0.25) is 4.79 Å². The van der Waals surface area contributed by atoms with Gasteiger partial charge in [-0.15, -0.1) is 0 Å². The second-order valence-corrected chi connectivity index (χ2v) is 4.60. The Balaban J connectivity index is 2.64. The molecule has 0 fully saturated rings. The Kier molecular flexibility index (Phi) is 5.31. The molecule has 0 saturated carbocycles. The smallest absolute Gasteiger partial charge is 0.229 e. The van der Waals surface area contributed by atoms with E-state index in [9.17, 15) is 4.79 Å². The molecule has 1 unspecified atom stereocenters. The number of nitrogens with zero attached hydrogens (tertiary/aromatic N) is 2. The summed E-state index contributed by atoms with van der Waals surface area (Å²) in [6.45, 7) is 4.43. The summed E-state index contributed by atoms with van der Waals surface area (Å²) in [5.74, 6) is 0.486. The van der Waals surface area contributed by atoms with Crippen LogP contribution in [0.2, 0.25) is 5.28 Å². The summed E-state index contributed by atoms with van der Waals surface area (Å²) in [4.78, 5) is 19.5. The van der Waals surface area contributed by atoms with Gasteiger partial charge in [0, 0.05) is 12.7 Å². The summed E-state index contributed by atoms with van der Waals surface area (Å²) in [5.41, 5.74) is 5.59. The Morgan fingerprint density at radius 3 is 2.82 bits per heavy atom. The van der Waals surface area contributed by atoms with E-state index in [4.69, 9.17) is 17.3 Å². The number of nitrogens with two attached hydrogens (primary N) is 1. The third-order valence-electron chi connectivity index (χ3n) is 2.29. The third-order valence-corrected chi connectivity index (χ3v) is 2.47. The van der Waals surface area contributed by atoms with Gasteiger partial charge in [-0.25, -0.2) is 9.97 Å². The minimum absolute atomic E-state index is 0.107. The van der Waals surface area contributed by atoms with Crippen molar-refractivity contribution in [1.29, 1.82) is 0 Å². The number of carbonyl (C=O) groups is 1. The summed E-state index contributed by atoms with van der Waals surface area (Å²) in [5, 5.41) is 2.79. The van der Waals surface area contributed by atoms with Gasteiger partial charge in [0.1, 0.15) is 5.82 Å². The number of halogens is 1. The van der Waals surface area contributed by atoms with Gasteiger partial charge in [-0.05, 0) is 30.0 Å². The first-order valence-electron chi connectivity index (χ1n) is 5.52. The highest BCUT2D eigenvalue weighted by Crippen LogP contribution is 2.13. The molecule has 1 atom stereocenters. The zero-order chi connectivity index (χ0) is 12.8. The van der Waals surface area contributed by atoms with E-state index in [1.165, 1.54) is 6.20 Å². The summed E-state index contributed by atoms with van der Waals surface area (Å²) in [7, 11) is 0. The van der Waals surface area contributed by atoms with E-state index in [-0.39, 0.29) is 17.1 Å². The fourth-order valence-corrected chi connectivity index (χ4v) is 1.66. The first kappa shape index (κ1) is 13.9. The fraction of sp³-hybridized carbons (Fsp3) is 0.545. The Morgan fingerprint density at radius 1 is 1.59 bits per heavy atom. The molecule has 94 valence electrons. The van der Waals surface area contributed by atoms with Gasteiger partial charge in [0.2, 0.25) is 11.2 Å². The molecule has 0 aliphatic heterocycles. The molecule has 0 aliphatic rings. The van der Waals surface area contributed by atoms with Gasteiger partial charge in [0.05, 0.1) is 5.92 Å². The maximum Gasteiger partial charge on any atom is 0.229 e. The number of anilines is 1. The van der Waals surface area contributed by atoms with E-state index in [1.807, 2.05) is 0 Å². The molecule has 1 amide bonds. The Hall–Kier alpha value is -1.20. The minimum atomic E-state index is -0.205. The van der Waals surface area contributed by atoms with Crippen molar-refractivity contribution in [2.75, 3.05) is 11.9 Å². The predicted octanol–water partition coefficient (Wildman–Crippen LogP) is 1.69. The Morgan fingerprint density at radius 2 is 2.29 bits per heavy atom. The summed E-state index contributed by atoms with van der Waals surface area (Å²) >= 11 is 5.63. The molecular formula is C11H17ClN4O. The highest BCUT2D eigenvalue weighted by molar-refractivity contribution is 6.28. The number of aromatic nitrogens is 2. The molecule has 6 heteroatoms. The van der Waals surface area contributed by atoms with Crippen LogP contribution in [0.3, 0.4) is 0 Å². The van der Waals surface area contributed by atoms with Gasteiger partial charge in [0.25, 0.3) is 0 Å². The number of hydrogen-bond donors (Lipinski definition) is 2. The molecule has 0 bridgehead atoms. The van der Waals surface area contributed by atoms with E-state index in [0.717, 1.165) is 6.42 Å². The first-order chi connectivity index (χ1) is 8.02. The number of nitrogens with one attached hydrogen (secondary N) is 1. The SMILES string of the molecule is CC(C)CC(CN)C(=O)Nc1ccnc(Cl)n1. The highest BCUT2D eigenvalue weighted by Gasteiger charge is 2.18. The van der Waals surface area contributed by atoms with E-state index in [0.29, 0.717) is 18.3 Å². The zero-order valence-corrected chi connectivity index (χ0v) is 10.7. The quantitative estimate of drug-likeness (QED) is 0.786. The van der Waals surface area contributed by atoms with Crippen LogP contribution in [0.15, 0.2) is 12.3 Å². The van der Waals surface area contributed by atoms with E-state index in [1.54, 1.807) is 6.07 Å². The maximum atomic E-state index is 11.9. The third kappa shape index (κ3) is 4.66. The van der Waals surface area contributed by atoms with Crippen LogP contribution in [-0.2, 0) is 4.79 Å². The monoisotopic (exact) mass is 256 g/mol. The highest BCUT2D eigenvalue weighted by atomic mass is 35.5. The fourth-order valence-electron chi connectivity index (χ4n) is 1.51. The summed E-state index contributed by atoms with van der Waals surface area (Å²) in [6, 6.07) is 1.59. The van der Waals surface area contributed by atoms with Crippen molar-refractivity contribution in [3.05, 3.63) is 17.5 Å².